The molecular formula is C7H11ClO3. The van der Waals surface area contributed by atoms with E-state index in [1.807, 2.05) is 0 Å². The maximum atomic E-state index is 10.2. The Labute approximate surface area is 70.6 Å². The molecule has 0 radical (unpaired) electrons. The Morgan fingerprint density at radius 3 is 2.73 bits per heavy atom. The number of rotatable bonds is 4. The van der Waals surface area contributed by atoms with Gasteiger partial charge < -0.3 is 9.84 Å². The molecule has 0 saturated heterocycles. The fraction of sp³-hybridized carbons (Fsp3) is 0.571. The molecule has 0 aliphatic rings. The van der Waals surface area contributed by atoms with Crippen molar-refractivity contribution in [1.82, 2.24) is 0 Å². The van der Waals surface area contributed by atoms with Crippen LogP contribution in [-0.4, -0.2) is 23.8 Å². The number of ether oxygens (including phenoxy) is 1. The van der Waals surface area contributed by atoms with Gasteiger partial charge in [-0.1, -0.05) is 11.6 Å². The highest BCUT2D eigenvalue weighted by atomic mass is 35.5. The third-order valence-corrected chi connectivity index (χ3v) is 1.47. The zero-order valence-corrected chi connectivity index (χ0v) is 7.26. The molecule has 0 saturated carbocycles. The number of halogens is 1. The van der Waals surface area contributed by atoms with Gasteiger partial charge in [-0.15, -0.1) is 0 Å². The average Bonchev–Trinajstić information content (AvgIpc) is 1.99. The summed E-state index contributed by atoms with van der Waals surface area (Å²) in [6.07, 6.45) is -0.776. The second-order valence-corrected chi connectivity index (χ2v) is 2.47. The number of hydrogen-bond acceptors (Lipinski definition) is 2. The summed E-state index contributed by atoms with van der Waals surface area (Å²) < 4.78 is 4.90. The number of hydrogen-bond donors (Lipinski definition) is 1. The topological polar surface area (TPSA) is 46.5 Å². The molecular weight excluding hydrogens is 168 g/mol. The zero-order valence-electron chi connectivity index (χ0n) is 6.50. The summed E-state index contributed by atoms with van der Waals surface area (Å²) in [4.78, 5) is 10.2. The van der Waals surface area contributed by atoms with Crippen molar-refractivity contribution in [3.63, 3.8) is 0 Å². The van der Waals surface area contributed by atoms with Gasteiger partial charge in [0.25, 0.3) is 0 Å². The van der Waals surface area contributed by atoms with Gasteiger partial charge in [-0.3, -0.25) is 0 Å². The number of carboxylic acid groups (broad SMARTS) is 1. The van der Waals surface area contributed by atoms with E-state index in [0.717, 1.165) is 5.57 Å². The van der Waals surface area contributed by atoms with Crippen LogP contribution in [0.1, 0.15) is 13.8 Å². The number of carbonyl (C=O) groups is 1. The van der Waals surface area contributed by atoms with Crippen LogP contribution in [0.2, 0.25) is 0 Å². The van der Waals surface area contributed by atoms with E-state index in [9.17, 15) is 4.79 Å². The standard InChI is InChI=1S/C7H11ClO3/c1-5(3-8)4-11-6(2)7(9)10/h3,6H,4H2,1-2H3,(H,9,10). The third-order valence-electron chi connectivity index (χ3n) is 1.10. The Bertz CT molecular complexity index is 165. The highest BCUT2D eigenvalue weighted by Gasteiger charge is 2.09. The molecule has 0 bridgehead atoms. The van der Waals surface area contributed by atoms with Crippen LogP contribution in [-0.2, 0) is 9.53 Å². The van der Waals surface area contributed by atoms with Crippen LogP contribution in [0.3, 0.4) is 0 Å². The Morgan fingerprint density at radius 2 is 2.36 bits per heavy atom. The van der Waals surface area contributed by atoms with Crippen LogP contribution >= 0.6 is 11.6 Å². The molecule has 0 spiro atoms. The molecule has 0 heterocycles. The maximum absolute atomic E-state index is 10.2. The molecule has 1 atom stereocenters. The molecule has 64 valence electrons. The van der Waals surface area contributed by atoms with E-state index in [2.05, 4.69) is 0 Å². The van der Waals surface area contributed by atoms with Crippen molar-refractivity contribution in [2.45, 2.75) is 20.0 Å². The lowest BCUT2D eigenvalue weighted by molar-refractivity contribution is -0.148. The maximum Gasteiger partial charge on any atom is 0.332 e. The van der Waals surface area contributed by atoms with Gasteiger partial charge in [0.05, 0.1) is 6.61 Å². The van der Waals surface area contributed by atoms with E-state index in [1.165, 1.54) is 12.5 Å². The first-order valence-corrected chi connectivity index (χ1v) is 3.62. The SMILES string of the molecule is CC(=CCl)COC(C)C(=O)O. The first kappa shape index (κ1) is 10.5. The van der Waals surface area contributed by atoms with E-state index < -0.39 is 12.1 Å². The minimum atomic E-state index is -0.965. The molecule has 1 unspecified atom stereocenters. The predicted molar refractivity (Wildman–Crippen MR) is 42.7 cm³/mol. The van der Waals surface area contributed by atoms with E-state index in [-0.39, 0.29) is 6.61 Å². The molecule has 0 amide bonds. The van der Waals surface area contributed by atoms with Gasteiger partial charge in [0.15, 0.2) is 6.10 Å². The molecule has 0 aliphatic heterocycles. The lowest BCUT2D eigenvalue weighted by Crippen LogP contribution is -2.20. The first-order valence-electron chi connectivity index (χ1n) is 3.18. The van der Waals surface area contributed by atoms with Crippen molar-refractivity contribution in [2.24, 2.45) is 0 Å². The summed E-state index contributed by atoms with van der Waals surface area (Å²) in [6, 6.07) is 0. The van der Waals surface area contributed by atoms with Gasteiger partial charge in [-0.2, -0.15) is 0 Å². The van der Waals surface area contributed by atoms with E-state index in [1.54, 1.807) is 6.92 Å². The summed E-state index contributed by atoms with van der Waals surface area (Å²) >= 11 is 5.33. The molecule has 0 aromatic heterocycles. The van der Waals surface area contributed by atoms with Crippen LogP contribution in [0.15, 0.2) is 11.1 Å². The fourth-order valence-corrected chi connectivity index (χ4v) is 0.422. The van der Waals surface area contributed by atoms with Crippen LogP contribution in [0.4, 0.5) is 0 Å². The fourth-order valence-electron chi connectivity index (χ4n) is 0.359. The smallest absolute Gasteiger partial charge is 0.332 e. The van der Waals surface area contributed by atoms with Crippen molar-refractivity contribution >= 4 is 17.6 Å². The van der Waals surface area contributed by atoms with Crippen LogP contribution < -0.4 is 0 Å². The van der Waals surface area contributed by atoms with Crippen molar-refractivity contribution < 1.29 is 14.6 Å². The summed E-state index contributed by atoms with van der Waals surface area (Å²) in [7, 11) is 0. The highest BCUT2D eigenvalue weighted by molar-refractivity contribution is 6.25. The summed E-state index contributed by atoms with van der Waals surface area (Å²) in [5.41, 5.74) is 2.17. The van der Waals surface area contributed by atoms with Crippen molar-refractivity contribution in [1.29, 1.82) is 0 Å². The Hall–Kier alpha value is -0.540. The Balaban J connectivity index is 3.62. The van der Waals surface area contributed by atoms with Gasteiger partial charge >= 0.3 is 5.97 Å². The van der Waals surface area contributed by atoms with E-state index in [0.29, 0.717) is 0 Å². The third kappa shape index (κ3) is 4.81. The Kier molecular flexibility index (Phi) is 4.90. The molecule has 4 heteroatoms. The number of carboxylic acids is 1. The molecule has 0 aliphatic carbocycles. The van der Waals surface area contributed by atoms with Gasteiger partial charge in [-0.25, -0.2) is 4.79 Å². The second-order valence-electron chi connectivity index (χ2n) is 2.25. The van der Waals surface area contributed by atoms with Gasteiger partial charge in [-0.05, 0) is 19.4 Å². The van der Waals surface area contributed by atoms with Gasteiger partial charge in [0.2, 0.25) is 0 Å². The average molecular weight is 179 g/mol. The van der Waals surface area contributed by atoms with Crippen LogP contribution in [0.5, 0.6) is 0 Å². The monoisotopic (exact) mass is 178 g/mol. The normalized spacial score (nSPS) is 14.6. The summed E-state index contributed by atoms with van der Waals surface area (Å²) in [6.45, 7) is 3.50. The minimum Gasteiger partial charge on any atom is -0.479 e. The van der Waals surface area contributed by atoms with Crippen molar-refractivity contribution in [2.75, 3.05) is 6.61 Å². The largest absolute Gasteiger partial charge is 0.479 e. The van der Waals surface area contributed by atoms with Crippen LogP contribution in [0, 0.1) is 0 Å². The zero-order chi connectivity index (χ0) is 8.85. The summed E-state index contributed by atoms with van der Waals surface area (Å²) in [5.74, 6) is -0.965. The molecule has 0 rings (SSSR count). The van der Waals surface area contributed by atoms with Gasteiger partial charge in [0, 0.05) is 5.54 Å². The predicted octanol–water partition coefficient (Wildman–Crippen LogP) is 1.62. The van der Waals surface area contributed by atoms with Gasteiger partial charge in [0.1, 0.15) is 0 Å². The lowest BCUT2D eigenvalue weighted by atomic mass is 10.3. The lowest BCUT2D eigenvalue weighted by Gasteiger charge is -2.07. The summed E-state index contributed by atoms with van der Waals surface area (Å²) in [5, 5.41) is 8.39. The van der Waals surface area contributed by atoms with E-state index in [4.69, 9.17) is 21.4 Å². The molecule has 0 aromatic carbocycles. The first-order chi connectivity index (χ1) is 5.07. The molecule has 3 nitrogen and oxygen atoms in total. The molecule has 0 fully saturated rings. The minimum absolute atomic E-state index is 0.261. The van der Waals surface area contributed by atoms with E-state index >= 15 is 0 Å². The Morgan fingerprint density at radius 1 is 1.82 bits per heavy atom. The quantitative estimate of drug-likeness (QED) is 0.712. The second kappa shape index (κ2) is 5.16. The molecule has 1 N–H and O–H groups in total. The molecule has 11 heavy (non-hydrogen) atoms. The number of aliphatic carboxylic acids is 1. The highest BCUT2D eigenvalue weighted by Crippen LogP contribution is 1.99. The molecule has 0 aromatic rings. The van der Waals surface area contributed by atoms with Crippen LogP contribution in [0.25, 0.3) is 0 Å². The van der Waals surface area contributed by atoms with Crippen molar-refractivity contribution in [3.8, 4) is 0 Å². The van der Waals surface area contributed by atoms with Crippen molar-refractivity contribution in [3.05, 3.63) is 11.1 Å².